The van der Waals surface area contributed by atoms with Crippen molar-refractivity contribution in [1.82, 2.24) is 24.4 Å². The molecule has 0 bridgehead atoms. The van der Waals surface area contributed by atoms with Crippen molar-refractivity contribution >= 4 is 40.0 Å². The van der Waals surface area contributed by atoms with Gasteiger partial charge in [0, 0.05) is 45.0 Å². The lowest BCUT2D eigenvalue weighted by atomic mass is 10.2. The van der Waals surface area contributed by atoms with Crippen molar-refractivity contribution < 1.29 is 18.3 Å². The minimum Gasteiger partial charge on any atom is -0.494 e. The number of carbonyl (C=O) groups is 1. The number of nitrogens with one attached hydrogen (secondary N) is 2. The van der Waals surface area contributed by atoms with Crippen molar-refractivity contribution in [2.75, 3.05) is 56.9 Å². The van der Waals surface area contributed by atoms with Crippen LogP contribution in [0.1, 0.15) is 6.42 Å². The molecule has 10 nitrogen and oxygen atoms in total. The molecule has 0 aliphatic rings. The maximum Gasteiger partial charge on any atom is 0.247 e. The van der Waals surface area contributed by atoms with Crippen molar-refractivity contribution in [2.24, 2.45) is 7.05 Å². The Morgan fingerprint density at radius 3 is 2.60 bits per heavy atom. The number of fused-ring (bicyclic) bond motifs is 1. The molecule has 2 heterocycles. The number of methoxy groups -OCH3 is 1. The van der Waals surface area contributed by atoms with Crippen molar-refractivity contribution in [3.8, 4) is 17.3 Å². The lowest BCUT2D eigenvalue weighted by Crippen LogP contribution is -2.24. The molecule has 2 aromatic heterocycles. The monoisotopic (exact) mass is 550 g/mol. The Labute approximate surface area is 231 Å². The molecule has 210 valence electrons. The number of imidazole rings is 1. The molecule has 0 aliphatic carbocycles. The second-order valence-electron chi connectivity index (χ2n) is 9.48. The summed E-state index contributed by atoms with van der Waals surface area (Å²) in [5.41, 5.74) is 2.55. The fourth-order valence-corrected chi connectivity index (χ4v) is 4.34. The third-order valence-corrected chi connectivity index (χ3v) is 6.29. The number of hydrogen-bond acceptors (Lipinski definition) is 8. The molecule has 0 unspecified atom stereocenters. The summed E-state index contributed by atoms with van der Waals surface area (Å²) in [6, 6.07) is 7.18. The van der Waals surface area contributed by atoms with Gasteiger partial charge in [-0.25, -0.2) is 23.7 Å². The van der Waals surface area contributed by atoms with Gasteiger partial charge in [-0.1, -0.05) is 6.58 Å². The number of nitrogens with zero attached hydrogens (tertiary/aromatic N) is 6. The third-order valence-electron chi connectivity index (χ3n) is 6.29. The average Bonchev–Trinajstić information content (AvgIpc) is 3.24. The molecule has 4 rings (SSSR count). The van der Waals surface area contributed by atoms with Crippen LogP contribution in [0.2, 0.25) is 0 Å². The Morgan fingerprint density at radius 1 is 1.12 bits per heavy atom. The quantitative estimate of drug-likeness (QED) is 0.262. The normalized spacial score (nSPS) is 11.1. The first-order chi connectivity index (χ1) is 19.1. The number of rotatable bonds is 11. The van der Waals surface area contributed by atoms with Gasteiger partial charge in [0.2, 0.25) is 11.9 Å². The van der Waals surface area contributed by atoms with Crippen LogP contribution in [-0.2, 0) is 11.8 Å². The Kier molecular flexibility index (Phi) is 8.58. The summed E-state index contributed by atoms with van der Waals surface area (Å²) in [4.78, 5) is 29.6. The van der Waals surface area contributed by atoms with Crippen LogP contribution in [0.3, 0.4) is 0 Å². The van der Waals surface area contributed by atoms with E-state index in [-0.39, 0.29) is 22.9 Å². The number of carbonyl (C=O) groups excluding carboxylic acids is 1. The fraction of sp³-hybridized carbons (Fsp3) is 0.286. The second kappa shape index (κ2) is 12.1. The van der Waals surface area contributed by atoms with Gasteiger partial charge in [-0.3, -0.25) is 4.79 Å². The molecule has 12 heteroatoms. The topological polar surface area (TPSA) is 100 Å². The number of anilines is 4. The van der Waals surface area contributed by atoms with Gasteiger partial charge >= 0.3 is 0 Å². The lowest BCUT2D eigenvalue weighted by Gasteiger charge is -2.25. The van der Waals surface area contributed by atoms with Crippen LogP contribution < -0.4 is 20.3 Å². The first-order valence-electron chi connectivity index (χ1n) is 12.5. The van der Waals surface area contributed by atoms with E-state index in [1.165, 1.54) is 22.9 Å². The van der Waals surface area contributed by atoms with E-state index in [1.54, 1.807) is 26.3 Å². The summed E-state index contributed by atoms with van der Waals surface area (Å²) in [6.07, 6.45) is 3.64. The van der Waals surface area contributed by atoms with E-state index in [4.69, 9.17) is 4.74 Å². The number of halogens is 2. The van der Waals surface area contributed by atoms with Gasteiger partial charge in [-0.15, -0.1) is 0 Å². The largest absolute Gasteiger partial charge is 0.494 e. The molecule has 0 radical (unpaired) electrons. The molecule has 4 aromatic rings. The highest BCUT2D eigenvalue weighted by Crippen LogP contribution is 2.38. The Bertz CT molecular complexity index is 1550. The summed E-state index contributed by atoms with van der Waals surface area (Å²) in [7, 11) is 9.16. The summed E-state index contributed by atoms with van der Waals surface area (Å²) in [5, 5.41) is 6.00. The number of hydrogen-bond donors (Lipinski definition) is 2. The van der Waals surface area contributed by atoms with E-state index in [0.717, 1.165) is 31.3 Å². The van der Waals surface area contributed by atoms with E-state index >= 15 is 0 Å². The highest BCUT2D eigenvalue weighted by atomic mass is 19.1. The minimum absolute atomic E-state index is 0.166. The molecular formula is C28H32F2N8O2. The summed E-state index contributed by atoms with van der Waals surface area (Å²) < 4.78 is 35.4. The van der Waals surface area contributed by atoms with Crippen LogP contribution in [-0.4, -0.2) is 71.7 Å². The van der Waals surface area contributed by atoms with Gasteiger partial charge in [0.25, 0.3) is 0 Å². The van der Waals surface area contributed by atoms with Crippen LogP contribution in [0, 0.1) is 11.6 Å². The van der Waals surface area contributed by atoms with Crippen molar-refractivity contribution in [3.63, 3.8) is 0 Å². The molecule has 2 aromatic carbocycles. The average molecular weight is 551 g/mol. The number of aromatic nitrogens is 4. The maximum absolute atomic E-state index is 14.4. The van der Waals surface area contributed by atoms with Crippen molar-refractivity contribution in [1.29, 1.82) is 0 Å². The zero-order valence-electron chi connectivity index (χ0n) is 23.1. The van der Waals surface area contributed by atoms with E-state index in [1.807, 2.05) is 32.1 Å². The van der Waals surface area contributed by atoms with Crippen LogP contribution >= 0.6 is 0 Å². The molecule has 40 heavy (non-hydrogen) atoms. The number of benzene rings is 2. The Morgan fingerprint density at radius 2 is 1.90 bits per heavy atom. The molecule has 0 saturated heterocycles. The Hall–Kier alpha value is -4.58. The molecule has 2 N–H and O–H groups in total. The highest BCUT2D eigenvalue weighted by Gasteiger charge is 2.19. The van der Waals surface area contributed by atoms with Gasteiger partial charge in [0.1, 0.15) is 22.8 Å². The zero-order valence-corrected chi connectivity index (χ0v) is 23.1. The van der Waals surface area contributed by atoms with E-state index < -0.39 is 11.6 Å². The van der Waals surface area contributed by atoms with Crippen LogP contribution in [0.4, 0.5) is 31.8 Å². The molecule has 0 spiro atoms. The van der Waals surface area contributed by atoms with Crippen LogP contribution in [0.15, 0.2) is 49.2 Å². The van der Waals surface area contributed by atoms with Gasteiger partial charge in [0.15, 0.2) is 11.6 Å². The van der Waals surface area contributed by atoms with Crippen molar-refractivity contribution in [2.45, 2.75) is 6.42 Å². The maximum atomic E-state index is 14.4. The summed E-state index contributed by atoms with van der Waals surface area (Å²) >= 11 is 0. The van der Waals surface area contributed by atoms with Gasteiger partial charge in [-0.05, 0) is 45.3 Å². The summed E-state index contributed by atoms with van der Waals surface area (Å²) in [5.74, 6) is -0.733. The molecular weight excluding hydrogens is 518 g/mol. The first-order valence-corrected chi connectivity index (χ1v) is 12.5. The van der Waals surface area contributed by atoms with Crippen LogP contribution in [0.25, 0.3) is 22.6 Å². The zero-order chi connectivity index (χ0) is 29.0. The molecule has 0 aliphatic heterocycles. The smallest absolute Gasteiger partial charge is 0.247 e. The highest BCUT2D eigenvalue weighted by molar-refractivity contribution is 6.02. The standard InChI is InChI=1S/C28H32F2N8O2/c1-7-25(39)32-20-15-21(24(40-6)16-23(20)37(4)12-8-11-36(2)3)35-28-31-10-9-19(34-28)27-33-22-14-17(29)13-18(30)26(22)38(27)5/h7,9-10,13-16H,1,8,11-12H2,2-6H3,(H,32,39)(H,31,34,35). The minimum atomic E-state index is -0.714. The van der Waals surface area contributed by atoms with Gasteiger partial charge in [-0.2, -0.15) is 0 Å². The predicted molar refractivity (Wildman–Crippen MR) is 153 cm³/mol. The SMILES string of the molecule is C=CC(=O)Nc1cc(Nc2nccc(-c3nc4cc(F)cc(F)c4n3C)n2)c(OC)cc1N(C)CCCN(C)C. The van der Waals surface area contributed by atoms with E-state index in [9.17, 15) is 13.6 Å². The molecule has 0 fully saturated rings. The Balaban J connectivity index is 1.69. The van der Waals surface area contributed by atoms with Crippen LogP contribution in [0.5, 0.6) is 5.75 Å². The fourth-order valence-electron chi connectivity index (χ4n) is 4.34. The second-order valence-corrected chi connectivity index (χ2v) is 9.48. The molecule has 0 atom stereocenters. The van der Waals surface area contributed by atoms with Crippen molar-refractivity contribution in [3.05, 3.63) is 60.8 Å². The lowest BCUT2D eigenvalue weighted by molar-refractivity contribution is -0.111. The molecule has 0 saturated carbocycles. The van der Waals surface area contributed by atoms with Gasteiger partial charge in [0.05, 0.1) is 29.7 Å². The first kappa shape index (κ1) is 28.4. The van der Waals surface area contributed by atoms with E-state index in [0.29, 0.717) is 28.6 Å². The van der Waals surface area contributed by atoms with E-state index in [2.05, 4.69) is 37.1 Å². The summed E-state index contributed by atoms with van der Waals surface area (Å²) in [6.45, 7) is 5.21. The molecule has 1 amide bonds. The third kappa shape index (κ3) is 6.18. The number of aryl methyl sites for hydroxylation is 1. The number of amides is 1. The van der Waals surface area contributed by atoms with Gasteiger partial charge < -0.3 is 29.7 Å². The predicted octanol–water partition coefficient (Wildman–Crippen LogP) is 4.57. The number of ether oxygens (including phenoxy) is 1.